The number of rotatable bonds is 4. The molecule has 0 spiro atoms. The Morgan fingerprint density at radius 3 is 2.84 bits per heavy atom. The van der Waals surface area contributed by atoms with E-state index in [9.17, 15) is 8.42 Å². The van der Waals surface area contributed by atoms with Crippen molar-refractivity contribution in [3.63, 3.8) is 0 Å². The number of hydrogen-bond donors (Lipinski definition) is 1. The third-order valence-electron chi connectivity index (χ3n) is 2.96. The summed E-state index contributed by atoms with van der Waals surface area (Å²) in [4.78, 5) is 4.26. The van der Waals surface area contributed by atoms with Gasteiger partial charge in [0.15, 0.2) is 0 Å². The summed E-state index contributed by atoms with van der Waals surface area (Å²) in [6.07, 6.45) is 1.58. The average molecular weight is 304 g/mol. The van der Waals surface area contributed by atoms with Crippen LogP contribution in [0.25, 0.3) is 0 Å². The number of nitrogens with one attached hydrogen (secondary N) is 1. The number of anilines is 1. The Labute approximate surface area is 118 Å². The van der Waals surface area contributed by atoms with E-state index in [-0.39, 0.29) is 17.3 Å². The fourth-order valence-electron chi connectivity index (χ4n) is 2.06. The standard InChI is InChI=1S/C12H20N2O3S2/c1-12(2,3)10-11(18-8-13-10)14-19(15,16)7-9-5-4-6-17-9/h8-9,14H,4-7H2,1-3H3. The predicted molar refractivity (Wildman–Crippen MR) is 77.2 cm³/mol. The van der Waals surface area contributed by atoms with E-state index in [4.69, 9.17) is 4.74 Å². The molecular formula is C12H20N2O3S2. The van der Waals surface area contributed by atoms with E-state index < -0.39 is 10.0 Å². The normalized spacial score (nSPS) is 20.7. The summed E-state index contributed by atoms with van der Waals surface area (Å²) in [5.41, 5.74) is 2.28. The first-order valence-corrected chi connectivity index (χ1v) is 8.87. The molecule has 0 bridgehead atoms. The zero-order valence-electron chi connectivity index (χ0n) is 11.5. The lowest BCUT2D eigenvalue weighted by Crippen LogP contribution is -2.26. The Balaban J connectivity index is 2.10. The highest BCUT2D eigenvalue weighted by atomic mass is 32.2. The third-order valence-corrected chi connectivity index (χ3v) is 5.15. The van der Waals surface area contributed by atoms with Crippen molar-refractivity contribution in [3.8, 4) is 0 Å². The van der Waals surface area contributed by atoms with E-state index in [2.05, 4.69) is 9.71 Å². The van der Waals surface area contributed by atoms with E-state index in [1.54, 1.807) is 5.51 Å². The highest BCUT2D eigenvalue weighted by Gasteiger charge is 2.27. The summed E-state index contributed by atoms with van der Waals surface area (Å²) in [5.74, 6) is 0.0223. The second kappa shape index (κ2) is 5.38. The lowest BCUT2D eigenvalue weighted by Gasteiger charge is -2.18. The second-order valence-electron chi connectivity index (χ2n) is 5.80. The highest BCUT2D eigenvalue weighted by molar-refractivity contribution is 7.92. The van der Waals surface area contributed by atoms with Crippen LogP contribution in [0.4, 0.5) is 5.00 Å². The highest BCUT2D eigenvalue weighted by Crippen LogP contribution is 2.32. The van der Waals surface area contributed by atoms with Crippen LogP contribution < -0.4 is 4.72 Å². The van der Waals surface area contributed by atoms with Crippen molar-refractivity contribution in [1.82, 2.24) is 4.98 Å². The van der Waals surface area contributed by atoms with Crippen LogP contribution in [0.3, 0.4) is 0 Å². The van der Waals surface area contributed by atoms with Gasteiger partial charge in [-0.15, -0.1) is 11.3 Å². The van der Waals surface area contributed by atoms with Gasteiger partial charge in [0, 0.05) is 12.0 Å². The van der Waals surface area contributed by atoms with Crippen molar-refractivity contribution < 1.29 is 13.2 Å². The van der Waals surface area contributed by atoms with Gasteiger partial charge in [0.05, 0.1) is 23.1 Å². The van der Waals surface area contributed by atoms with Crippen LogP contribution in [-0.2, 0) is 20.2 Å². The lowest BCUT2D eigenvalue weighted by atomic mass is 9.93. The van der Waals surface area contributed by atoms with Gasteiger partial charge in [-0.05, 0) is 12.8 Å². The maximum Gasteiger partial charge on any atom is 0.235 e. The molecule has 2 rings (SSSR count). The molecule has 5 nitrogen and oxygen atoms in total. The molecule has 1 unspecified atom stereocenters. The third kappa shape index (κ3) is 3.90. The molecule has 0 aromatic carbocycles. The maximum absolute atomic E-state index is 12.1. The van der Waals surface area contributed by atoms with E-state index >= 15 is 0 Å². The molecule has 1 atom stereocenters. The number of aromatic nitrogens is 1. The Kier molecular flexibility index (Phi) is 4.17. The van der Waals surface area contributed by atoms with Crippen LogP contribution in [0, 0.1) is 0 Å². The summed E-state index contributed by atoms with van der Waals surface area (Å²) >= 11 is 1.32. The molecular weight excluding hydrogens is 284 g/mol. The van der Waals surface area contributed by atoms with Gasteiger partial charge in [0.2, 0.25) is 10.0 Å². The van der Waals surface area contributed by atoms with Gasteiger partial charge >= 0.3 is 0 Å². The van der Waals surface area contributed by atoms with Crippen molar-refractivity contribution in [3.05, 3.63) is 11.2 Å². The number of nitrogens with zero attached hydrogens (tertiary/aromatic N) is 1. The van der Waals surface area contributed by atoms with Crippen molar-refractivity contribution in [2.45, 2.75) is 45.1 Å². The molecule has 0 aliphatic carbocycles. The first-order chi connectivity index (χ1) is 8.78. The largest absolute Gasteiger partial charge is 0.377 e. The monoisotopic (exact) mass is 304 g/mol. The lowest BCUT2D eigenvalue weighted by molar-refractivity contribution is 0.127. The summed E-state index contributed by atoms with van der Waals surface area (Å²) in [7, 11) is -3.38. The van der Waals surface area contributed by atoms with Crippen molar-refractivity contribution >= 4 is 26.4 Å². The first kappa shape index (κ1) is 14.7. The van der Waals surface area contributed by atoms with Gasteiger partial charge in [-0.25, -0.2) is 13.4 Å². The predicted octanol–water partition coefficient (Wildman–Crippen LogP) is 2.36. The molecule has 1 aromatic rings. The van der Waals surface area contributed by atoms with E-state index in [1.165, 1.54) is 11.3 Å². The molecule has 2 heterocycles. The minimum absolute atomic E-state index is 0.0223. The van der Waals surface area contributed by atoms with Gasteiger partial charge in [-0.3, -0.25) is 4.72 Å². The van der Waals surface area contributed by atoms with Gasteiger partial charge < -0.3 is 4.74 Å². The Bertz CT molecular complexity index is 525. The van der Waals surface area contributed by atoms with Crippen LogP contribution in [0.1, 0.15) is 39.3 Å². The molecule has 0 amide bonds. The average Bonchev–Trinajstić information content (AvgIpc) is 2.86. The molecule has 0 radical (unpaired) electrons. The molecule has 1 aliphatic rings. The molecule has 1 aliphatic heterocycles. The minimum Gasteiger partial charge on any atom is -0.377 e. The molecule has 1 aromatic heterocycles. The van der Waals surface area contributed by atoms with Crippen LogP contribution >= 0.6 is 11.3 Å². The van der Waals surface area contributed by atoms with Crippen LogP contribution in [-0.4, -0.2) is 31.9 Å². The SMILES string of the molecule is CC(C)(C)c1ncsc1NS(=O)(=O)CC1CCCO1. The topological polar surface area (TPSA) is 68.3 Å². The zero-order chi connectivity index (χ0) is 14.1. The second-order valence-corrected chi connectivity index (χ2v) is 8.42. The molecule has 1 N–H and O–H groups in total. The van der Waals surface area contributed by atoms with Gasteiger partial charge in [-0.2, -0.15) is 0 Å². The zero-order valence-corrected chi connectivity index (χ0v) is 13.1. The molecule has 19 heavy (non-hydrogen) atoms. The number of thiazole rings is 1. The smallest absolute Gasteiger partial charge is 0.235 e. The van der Waals surface area contributed by atoms with Crippen LogP contribution in [0.15, 0.2) is 5.51 Å². The first-order valence-electron chi connectivity index (χ1n) is 6.34. The Morgan fingerprint density at radius 1 is 1.53 bits per heavy atom. The van der Waals surface area contributed by atoms with E-state index in [1.807, 2.05) is 20.8 Å². The van der Waals surface area contributed by atoms with Gasteiger partial charge in [0.1, 0.15) is 5.00 Å². The molecule has 108 valence electrons. The van der Waals surface area contributed by atoms with Crippen molar-refractivity contribution in [2.24, 2.45) is 0 Å². The fourth-order valence-corrected chi connectivity index (χ4v) is 4.58. The number of ether oxygens (including phenoxy) is 1. The Morgan fingerprint density at radius 2 is 2.26 bits per heavy atom. The summed E-state index contributed by atoms with van der Waals surface area (Å²) < 4.78 is 32.3. The summed E-state index contributed by atoms with van der Waals surface area (Å²) in [6, 6.07) is 0. The minimum atomic E-state index is -3.38. The fraction of sp³-hybridized carbons (Fsp3) is 0.750. The van der Waals surface area contributed by atoms with E-state index in [0.717, 1.165) is 18.5 Å². The number of hydrogen-bond acceptors (Lipinski definition) is 5. The van der Waals surface area contributed by atoms with Gasteiger partial charge in [-0.1, -0.05) is 20.8 Å². The van der Waals surface area contributed by atoms with E-state index in [0.29, 0.717) is 11.6 Å². The summed E-state index contributed by atoms with van der Waals surface area (Å²) in [6.45, 7) is 6.70. The summed E-state index contributed by atoms with van der Waals surface area (Å²) in [5, 5.41) is 0.616. The quantitative estimate of drug-likeness (QED) is 0.927. The van der Waals surface area contributed by atoms with Crippen molar-refractivity contribution in [1.29, 1.82) is 0 Å². The van der Waals surface area contributed by atoms with Crippen LogP contribution in [0.2, 0.25) is 0 Å². The molecule has 0 saturated carbocycles. The molecule has 1 fully saturated rings. The molecule has 7 heteroatoms. The Hall–Kier alpha value is -0.660. The number of sulfonamides is 1. The molecule has 1 saturated heterocycles. The van der Waals surface area contributed by atoms with Crippen LogP contribution in [0.5, 0.6) is 0 Å². The van der Waals surface area contributed by atoms with Gasteiger partial charge in [0.25, 0.3) is 0 Å². The maximum atomic E-state index is 12.1. The van der Waals surface area contributed by atoms with Crippen molar-refractivity contribution in [2.75, 3.05) is 17.1 Å².